The third-order valence-corrected chi connectivity index (χ3v) is 4.35. The van der Waals surface area contributed by atoms with Gasteiger partial charge in [0.1, 0.15) is 17.5 Å². The monoisotopic (exact) mass is 375 g/mol. The fourth-order valence-electron chi connectivity index (χ4n) is 3.03. The molecule has 1 aromatic rings. The molecular weight excluding hydrogens is 350 g/mol. The lowest BCUT2D eigenvalue weighted by Gasteiger charge is -2.33. The number of piperidine rings is 1. The van der Waals surface area contributed by atoms with Crippen LogP contribution in [0.15, 0.2) is 30.3 Å². The molecule has 1 unspecified atom stereocenters. The minimum Gasteiger partial charge on any atom is -0.490 e. The summed E-state index contributed by atoms with van der Waals surface area (Å²) in [6.07, 6.45) is 1.26. The quantitative estimate of drug-likeness (QED) is 0.818. The average Bonchev–Trinajstić information content (AvgIpc) is 2.93. The normalized spacial score (nSPS) is 20.9. The van der Waals surface area contributed by atoms with Gasteiger partial charge in [-0.1, -0.05) is 12.1 Å². The third-order valence-electron chi connectivity index (χ3n) is 4.35. The maximum absolute atomic E-state index is 12.1. The summed E-state index contributed by atoms with van der Waals surface area (Å²) in [4.78, 5) is 25.0. The van der Waals surface area contributed by atoms with Gasteiger partial charge in [-0.25, -0.2) is 9.59 Å². The fourth-order valence-corrected chi connectivity index (χ4v) is 3.03. The molecule has 1 amide bonds. The Hall–Kier alpha value is -2.54. The number of benzene rings is 1. The van der Waals surface area contributed by atoms with Gasteiger partial charge in [-0.15, -0.1) is 0 Å². The van der Waals surface area contributed by atoms with Crippen molar-refractivity contribution in [3.63, 3.8) is 0 Å². The third kappa shape index (κ3) is 5.01. The molecule has 2 heterocycles. The summed E-state index contributed by atoms with van der Waals surface area (Å²) in [5, 5.41) is 9.70. The van der Waals surface area contributed by atoms with Crippen molar-refractivity contribution in [2.75, 3.05) is 13.1 Å². The second-order valence-corrected chi connectivity index (χ2v) is 7.70. The molecule has 7 heteroatoms. The zero-order valence-electron chi connectivity index (χ0n) is 15.8. The highest BCUT2D eigenvalue weighted by Gasteiger charge is 2.28. The summed E-state index contributed by atoms with van der Waals surface area (Å²) in [6.45, 7) is 6.75. The van der Waals surface area contributed by atoms with Gasteiger partial charge in [0.25, 0.3) is 0 Å². The van der Waals surface area contributed by atoms with Crippen LogP contribution in [0.2, 0.25) is 0 Å². The number of carbonyl (C=O) groups is 2. The highest BCUT2D eigenvalue weighted by Crippen LogP contribution is 2.27. The number of rotatable bonds is 3. The number of esters is 1. The predicted octanol–water partition coefficient (Wildman–Crippen LogP) is 2.72. The number of hydrogen-bond donors (Lipinski definition) is 1. The number of likely N-dealkylation sites (tertiary alicyclic amines) is 1. The highest BCUT2D eigenvalue weighted by molar-refractivity contribution is 5.96. The van der Waals surface area contributed by atoms with Crippen molar-refractivity contribution in [3.05, 3.63) is 35.9 Å². The molecule has 1 fully saturated rings. The fraction of sp³-hybridized carbons (Fsp3) is 0.500. The highest BCUT2D eigenvalue weighted by atomic mass is 16.6. The Morgan fingerprint density at radius 3 is 2.33 bits per heavy atom. The SMILES string of the molecule is CC(C)(C)OC(=O)N1CCC(Oc2ccc(C3=CC(=O)OC3O)cc2)CC1. The summed E-state index contributed by atoms with van der Waals surface area (Å²) in [5.41, 5.74) is 0.655. The molecule has 146 valence electrons. The second kappa shape index (κ2) is 7.60. The van der Waals surface area contributed by atoms with E-state index in [1.165, 1.54) is 6.08 Å². The van der Waals surface area contributed by atoms with Crippen molar-refractivity contribution < 1.29 is 28.9 Å². The molecule has 0 bridgehead atoms. The Balaban J connectivity index is 1.52. The summed E-state index contributed by atoms with van der Waals surface area (Å²) in [6, 6.07) is 7.15. The molecule has 0 radical (unpaired) electrons. The topological polar surface area (TPSA) is 85.3 Å². The van der Waals surface area contributed by atoms with E-state index < -0.39 is 17.9 Å². The molecule has 3 rings (SSSR count). The Morgan fingerprint density at radius 2 is 1.81 bits per heavy atom. The van der Waals surface area contributed by atoms with Gasteiger partial charge >= 0.3 is 12.1 Å². The predicted molar refractivity (Wildman–Crippen MR) is 98.0 cm³/mol. The Morgan fingerprint density at radius 1 is 1.19 bits per heavy atom. The van der Waals surface area contributed by atoms with Crippen molar-refractivity contribution >= 4 is 17.6 Å². The molecule has 0 spiro atoms. The Bertz CT molecular complexity index is 726. The Labute approximate surface area is 158 Å². The molecular formula is C20H25NO6. The van der Waals surface area contributed by atoms with Crippen molar-refractivity contribution in [1.29, 1.82) is 0 Å². The lowest BCUT2D eigenvalue weighted by atomic mass is 10.1. The first-order valence-corrected chi connectivity index (χ1v) is 9.06. The van der Waals surface area contributed by atoms with Gasteiger partial charge in [0.2, 0.25) is 6.29 Å². The van der Waals surface area contributed by atoms with Gasteiger partial charge in [-0.3, -0.25) is 0 Å². The van der Waals surface area contributed by atoms with Crippen LogP contribution in [0.25, 0.3) is 5.57 Å². The van der Waals surface area contributed by atoms with Crippen LogP contribution in [-0.2, 0) is 14.3 Å². The number of aliphatic hydroxyl groups is 1. The van der Waals surface area contributed by atoms with Gasteiger partial charge in [0.15, 0.2) is 0 Å². The largest absolute Gasteiger partial charge is 0.490 e. The van der Waals surface area contributed by atoms with Crippen LogP contribution in [0.5, 0.6) is 5.75 Å². The van der Waals surface area contributed by atoms with E-state index in [4.69, 9.17) is 9.47 Å². The minimum atomic E-state index is -1.22. The van der Waals surface area contributed by atoms with Crippen LogP contribution < -0.4 is 4.74 Å². The number of cyclic esters (lactones) is 1. The molecule has 1 atom stereocenters. The summed E-state index contributed by atoms with van der Waals surface area (Å²) >= 11 is 0. The first-order valence-electron chi connectivity index (χ1n) is 9.06. The van der Waals surface area contributed by atoms with Crippen LogP contribution >= 0.6 is 0 Å². The maximum Gasteiger partial charge on any atom is 0.410 e. The maximum atomic E-state index is 12.1. The van der Waals surface area contributed by atoms with Gasteiger partial charge in [-0.2, -0.15) is 0 Å². The number of hydrogen-bond acceptors (Lipinski definition) is 6. The van der Waals surface area contributed by atoms with Crippen molar-refractivity contribution in [2.24, 2.45) is 0 Å². The van der Waals surface area contributed by atoms with E-state index in [1.54, 1.807) is 29.2 Å². The number of amides is 1. The second-order valence-electron chi connectivity index (χ2n) is 7.70. The molecule has 2 aliphatic heterocycles. The number of aliphatic hydroxyl groups excluding tert-OH is 1. The van der Waals surface area contributed by atoms with Crippen LogP contribution in [0.1, 0.15) is 39.2 Å². The minimum absolute atomic E-state index is 0.0238. The Kier molecular flexibility index (Phi) is 5.41. The molecule has 0 aliphatic carbocycles. The van der Waals surface area contributed by atoms with E-state index in [-0.39, 0.29) is 12.2 Å². The van der Waals surface area contributed by atoms with Crippen LogP contribution in [0.4, 0.5) is 4.79 Å². The number of ether oxygens (including phenoxy) is 3. The molecule has 1 N–H and O–H groups in total. The van der Waals surface area contributed by atoms with E-state index in [0.29, 0.717) is 30.0 Å². The summed E-state index contributed by atoms with van der Waals surface area (Å²) in [7, 11) is 0. The molecule has 0 saturated carbocycles. The van der Waals surface area contributed by atoms with Gasteiger partial charge in [0, 0.05) is 37.6 Å². The lowest BCUT2D eigenvalue weighted by molar-refractivity contribution is -0.149. The molecule has 2 aliphatic rings. The molecule has 0 aromatic heterocycles. The van der Waals surface area contributed by atoms with E-state index >= 15 is 0 Å². The van der Waals surface area contributed by atoms with Gasteiger partial charge in [0.05, 0.1) is 0 Å². The summed E-state index contributed by atoms with van der Waals surface area (Å²) in [5.74, 6) is 0.157. The van der Waals surface area contributed by atoms with Gasteiger partial charge in [-0.05, 0) is 38.5 Å². The van der Waals surface area contributed by atoms with E-state index in [0.717, 1.165) is 12.8 Å². The van der Waals surface area contributed by atoms with Crippen molar-refractivity contribution in [2.45, 2.75) is 51.6 Å². The first kappa shape index (κ1) is 19.2. The molecule has 27 heavy (non-hydrogen) atoms. The number of carbonyl (C=O) groups excluding carboxylic acids is 2. The van der Waals surface area contributed by atoms with E-state index in [1.807, 2.05) is 20.8 Å². The van der Waals surface area contributed by atoms with Crippen LogP contribution in [-0.4, -0.2) is 53.2 Å². The standard InChI is InChI=1S/C20H25NO6/c1-20(2,3)27-19(24)21-10-8-15(9-11-21)25-14-6-4-13(5-7-14)16-12-17(22)26-18(16)23/h4-7,12,15,18,23H,8-11H2,1-3H3. The first-order chi connectivity index (χ1) is 12.7. The average molecular weight is 375 g/mol. The zero-order valence-corrected chi connectivity index (χ0v) is 15.8. The number of nitrogens with zero attached hydrogens (tertiary/aromatic N) is 1. The van der Waals surface area contributed by atoms with Crippen LogP contribution in [0, 0.1) is 0 Å². The summed E-state index contributed by atoms with van der Waals surface area (Å²) < 4.78 is 16.1. The van der Waals surface area contributed by atoms with Gasteiger partial charge < -0.3 is 24.2 Å². The van der Waals surface area contributed by atoms with Crippen molar-refractivity contribution in [3.8, 4) is 5.75 Å². The van der Waals surface area contributed by atoms with E-state index in [2.05, 4.69) is 4.74 Å². The molecule has 7 nitrogen and oxygen atoms in total. The molecule has 1 saturated heterocycles. The van der Waals surface area contributed by atoms with E-state index in [9.17, 15) is 14.7 Å². The lowest BCUT2D eigenvalue weighted by Crippen LogP contribution is -2.44. The van der Waals surface area contributed by atoms with Crippen molar-refractivity contribution in [1.82, 2.24) is 4.90 Å². The molecule has 1 aromatic carbocycles. The van der Waals surface area contributed by atoms with Crippen LogP contribution in [0.3, 0.4) is 0 Å². The zero-order chi connectivity index (χ0) is 19.6. The smallest absolute Gasteiger partial charge is 0.410 e.